The Morgan fingerprint density at radius 1 is 1.08 bits per heavy atom. The van der Waals surface area contributed by atoms with Crippen LogP contribution in [0.4, 0.5) is 5.69 Å². The molecular formula is C27H35N7O3. The summed E-state index contributed by atoms with van der Waals surface area (Å²) in [6, 6.07) is 14.0. The lowest BCUT2D eigenvalue weighted by Crippen LogP contribution is -2.49. The van der Waals surface area contributed by atoms with Gasteiger partial charge in [-0.2, -0.15) is 4.98 Å². The summed E-state index contributed by atoms with van der Waals surface area (Å²) in [5.74, 6) is 0.716. The van der Waals surface area contributed by atoms with Gasteiger partial charge in [0.05, 0.1) is 6.54 Å². The van der Waals surface area contributed by atoms with E-state index in [9.17, 15) is 9.59 Å². The quantitative estimate of drug-likeness (QED) is 0.383. The molecule has 196 valence electrons. The summed E-state index contributed by atoms with van der Waals surface area (Å²) in [5.41, 5.74) is 5.03. The zero-order chi connectivity index (χ0) is 26.4. The van der Waals surface area contributed by atoms with Crippen molar-refractivity contribution in [2.45, 2.75) is 33.9 Å². The third-order valence-corrected chi connectivity index (χ3v) is 6.55. The lowest BCUT2D eigenvalue weighted by molar-refractivity contribution is -0.151. The first-order valence-electron chi connectivity index (χ1n) is 12.6. The van der Waals surface area contributed by atoms with Crippen LogP contribution in [0.5, 0.6) is 0 Å². The number of aryl methyl sites for hydroxylation is 2. The van der Waals surface area contributed by atoms with E-state index in [0.717, 1.165) is 23.4 Å². The third kappa shape index (κ3) is 6.52. The molecule has 0 radical (unpaired) electrons. The van der Waals surface area contributed by atoms with Crippen molar-refractivity contribution in [3.05, 3.63) is 65.0 Å². The molecule has 2 heterocycles. The molecule has 0 saturated heterocycles. The van der Waals surface area contributed by atoms with Crippen molar-refractivity contribution in [1.29, 1.82) is 0 Å². The second-order valence-corrected chi connectivity index (χ2v) is 9.20. The molecule has 0 spiro atoms. The summed E-state index contributed by atoms with van der Waals surface area (Å²) in [6.45, 7) is 9.00. The first-order chi connectivity index (χ1) is 17.9. The van der Waals surface area contributed by atoms with Gasteiger partial charge in [-0.25, -0.2) is 5.01 Å². The van der Waals surface area contributed by atoms with Crippen molar-refractivity contribution in [3.8, 4) is 11.4 Å². The normalized spacial score (nSPS) is 12.9. The van der Waals surface area contributed by atoms with E-state index in [2.05, 4.69) is 32.9 Å². The first-order valence-corrected chi connectivity index (χ1v) is 12.6. The van der Waals surface area contributed by atoms with Crippen LogP contribution >= 0.6 is 0 Å². The van der Waals surface area contributed by atoms with Crippen molar-refractivity contribution in [2.75, 3.05) is 45.1 Å². The number of nitrogens with zero attached hydrogens (tertiary/aromatic N) is 5. The number of amides is 2. The molecule has 0 fully saturated rings. The standard InChI is InChI=1S/C27H35N7O3/c1-5-28-12-13-33(18-26(36)32(4)34-16-22-8-6-7-9-23(22)17-34)25(35)15-29-24-14-21(11-10-19(24)2)27-30-20(3)37-31-27/h6-11,14,28-29H,5,12-13,15-18H2,1-4H3. The Labute approximate surface area is 217 Å². The summed E-state index contributed by atoms with van der Waals surface area (Å²) < 4.78 is 5.09. The van der Waals surface area contributed by atoms with Gasteiger partial charge in [0.15, 0.2) is 0 Å². The van der Waals surface area contributed by atoms with E-state index in [1.165, 1.54) is 11.1 Å². The molecule has 2 amide bonds. The van der Waals surface area contributed by atoms with Crippen molar-refractivity contribution >= 4 is 17.5 Å². The van der Waals surface area contributed by atoms with Crippen molar-refractivity contribution in [3.63, 3.8) is 0 Å². The molecule has 1 aliphatic heterocycles. The molecular weight excluding hydrogens is 470 g/mol. The highest BCUT2D eigenvalue weighted by Crippen LogP contribution is 2.24. The van der Waals surface area contributed by atoms with E-state index in [4.69, 9.17) is 4.52 Å². The van der Waals surface area contributed by atoms with Crippen LogP contribution in [0, 0.1) is 13.8 Å². The number of aromatic nitrogens is 2. The fourth-order valence-corrected chi connectivity index (χ4v) is 4.28. The number of benzene rings is 2. The largest absolute Gasteiger partial charge is 0.376 e. The molecule has 0 atom stereocenters. The van der Waals surface area contributed by atoms with E-state index >= 15 is 0 Å². The van der Waals surface area contributed by atoms with E-state index in [1.54, 1.807) is 23.9 Å². The summed E-state index contributed by atoms with van der Waals surface area (Å²) in [7, 11) is 1.77. The van der Waals surface area contributed by atoms with Gasteiger partial charge < -0.3 is 20.1 Å². The Morgan fingerprint density at radius 3 is 2.46 bits per heavy atom. The van der Waals surface area contributed by atoms with E-state index in [0.29, 0.717) is 37.9 Å². The number of likely N-dealkylation sites (N-methyl/N-ethyl adjacent to an activating group) is 2. The Hall–Kier alpha value is -3.76. The molecule has 0 aliphatic carbocycles. The van der Waals surface area contributed by atoms with Crippen LogP contribution in [0.15, 0.2) is 47.0 Å². The van der Waals surface area contributed by atoms with E-state index < -0.39 is 0 Å². The van der Waals surface area contributed by atoms with E-state index in [1.807, 2.05) is 49.2 Å². The van der Waals surface area contributed by atoms with Gasteiger partial charge in [0.25, 0.3) is 5.91 Å². The molecule has 1 aliphatic rings. The van der Waals surface area contributed by atoms with Gasteiger partial charge in [0.1, 0.15) is 6.54 Å². The maximum Gasteiger partial charge on any atom is 0.256 e. The number of carbonyl (C=O) groups excluding carboxylic acids is 2. The average Bonchev–Trinajstić information content (AvgIpc) is 3.53. The smallest absolute Gasteiger partial charge is 0.256 e. The summed E-state index contributed by atoms with van der Waals surface area (Å²) in [4.78, 5) is 32.3. The third-order valence-electron chi connectivity index (χ3n) is 6.55. The highest BCUT2D eigenvalue weighted by atomic mass is 16.5. The molecule has 0 unspecified atom stereocenters. The molecule has 2 N–H and O–H groups in total. The molecule has 3 aromatic rings. The molecule has 10 heteroatoms. The highest BCUT2D eigenvalue weighted by molar-refractivity contribution is 5.87. The zero-order valence-corrected chi connectivity index (χ0v) is 22.0. The molecule has 10 nitrogen and oxygen atoms in total. The lowest BCUT2D eigenvalue weighted by Gasteiger charge is -2.31. The number of rotatable bonds is 11. The van der Waals surface area contributed by atoms with Gasteiger partial charge in [0.2, 0.25) is 17.6 Å². The van der Waals surface area contributed by atoms with Gasteiger partial charge in [-0.1, -0.05) is 48.5 Å². The summed E-state index contributed by atoms with van der Waals surface area (Å²) in [5, 5.41) is 14.1. The van der Waals surface area contributed by atoms with Gasteiger partial charge >= 0.3 is 0 Å². The zero-order valence-electron chi connectivity index (χ0n) is 22.0. The lowest BCUT2D eigenvalue weighted by atomic mass is 10.1. The van der Waals surface area contributed by atoms with Crippen LogP contribution in [-0.2, 0) is 22.7 Å². The molecule has 0 saturated carbocycles. The number of nitrogens with one attached hydrogen (secondary N) is 2. The van der Waals surface area contributed by atoms with Crippen molar-refractivity contribution < 1.29 is 14.1 Å². The highest BCUT2D eigenvalue weighted by Gasteiger charge is 2.27. The SMILES string of the molecule is CCNCCN(CC(=O)N(C)N1Cc2ccccc2C1)C(=O)CNc1cc(-c2noc(C)n2)ccc1C. The number of hydrogen-bond acceptors (Lipinski definition) is 8. The van der Waals surface area contributed by atoms with Crippen LogP contribution in [0.1, 0.15) is 29.5 Å². The Kier molecular flexibility index (Phi) is 8.52. The Morgan fingerprint density at radius 2 is 1.81 bits per heavy atom. The second-order valence-electron chi connectivity index (χ2n) is 9.20. The monoisotopic (exact) mass is 505 g/mol. The molecule has 1 aromatic heterocycles. The molecule has 2 aromatic carbocycles. The van der Waals surface area contributed by atoms with Crippen LogP contribution < -0.4 is 10.6 Å². The maximum atomic E-state index is 13.2. The number of hydrazine groups is 1. The summed E-state index contributed by atoms with van der Waals surface area (Å²) >= 11 is 0. The first kappa shape index (κ1) is 26.3. The maximum absolute atomic E-state index is 13.2. The number of fused-ring (bicyclic) bond motifs is 1. The van der Waals surface area contributed by atoms with Crippen molar-refractivity contribution in [2.24, 2.45) is 0 Å². The predicted octanol–water partition coefficient (Wildman–Crippen LogP) is 2.59. The number of hydrogen-bond donors (Lipinski definition) is 2. The fraction of sp³-hybridized carbons (Fsp3) is 0.407. The minimum Gasteiger partial charge on any atom is -0.376 e. The summed E-state index contributed by atoms with van der Waals surface area (Å²) in [6.07, 6.45) is 0. The Bertz CT molecular complexity index is 1220. The van der Waals surface area contributed by atoms with Crippen molar-refractivity contribution in [1.82, 2.24) is 30.4 Å². The molecule has 4 rings (SSSR count). The minimum absolute atomic E-state index is 0.0103. The average molecular weight is 506 g/mol. The molecule has 0 bridgehead atoms. The van der Waals surface area contributed by atoms with Crippen LogP contribution in [0.25, 0.3) is 11.4 Å². The van der Waals surface area contributed by atoms with Crippen LogP contribution in [0.2, 0.25) is 0 Å². The predicted molar refractivity (Wildman–Crippen MR) is 141 cm³/mol. The second kappa shape index (κ2) is 12.0. The van der Waals surface area contributed by atoms with Crippen LogP contribution in [-0.4, -0.2) is 76.6 Å². The minimum atomic E-state index is -0.149. The molecule has 37 heavy (non-hydrogen) atoms. The van der Waals surface area contributed by atoms with Gasteiger partial charge in [-0.15, -0.1) is 0 Å². The van der Waals surface area contributed by atoms with Gasteiger partial charge in [-0.3, -0.25) is 14.6 Å². The number of carbonyl (C=O) groups is 2. The number of anilines is 1. The van der Waals surface area contributed by atoms with Gasteiger partial charge in [-0.05, 0) is 36.2 Å². The van der Waals surface area contributed by atoms with Gasteiger partial charge in [0, 0.05) is 51.4 Å². The van der Waals surface area contributed by atoms with Crippen LogP contribution in [0.3, 0.4) is 0 Å². The van der Waals surface area contributed by atoms with E-state index in [-0.39, 0.29) is 24.9 Å². The topological polar surface area (TPSA) is 107 Å². The Balaban J connectivity index is 1.39. The fourth-order valence-electron chi connectivity index (χ4n) is 4.28.